The summed E-state index contributed by atoms with van der Waals surface area (Å²) >= 11 is 3.24. The summed E-state index contributed by atoms with van der Waals surface area (Å²) in [4.78, 5) is 11.4. The number of carbonyl (C=O) groups excluding carboxylic acids is 1. The number of alkyl halides is 3. The molecule has 1 atom stereocenters. The third kappa shape index (κ3) is 4.00. The maximum absolute atomic E-state index is 11.9. The minimum atomic E-state index is -4.28. The van der Waals surface area contributed by atoms with Gasteiger partial charge in [-0.1, -0.05) is 6.08 Å². The number of hydrogen-bond donors (Lipinski definition) is 1. The first kappa shape index (κ1) is 13.3. The number of Topliss-reactive ketones (excluding diaryl/α,β-unsaturated/α-hetero) is 1. The second-order valence-corrected chi connectivity index (χ2v) is 4.42. The average Bonchev–Trinajstić information content (AvgIpc) is 2.17. The Hall–Kier alpha value is -0.780. The number of ketones is 1. The van der Waals surface area contributed by atoms with Crippen LogP contribution in [-0.2, 0) is 4.79 Å². The van der Waals surface area contributed by atoms with Crippen molar-refractivity contribution in [2.45, 2.75) is 32.0 Å². The summed E-state index contributed by atoms with van der Waals surface area (Å²) in [5, 5.41) is 2.73. The van der Waals surface area contributed by atoms with E-state index < -0.39 is 30.8 Å². The minimum absolute atomic E-state index is 0.451. The topological polar surface area (TPSA) is 29.1 Å². The lowest BCUT2D eigenvalue weighted by Gasteiger charge is -2.18. The van der Waals surface area contributed by atoms with Gasteiger partial charge in [0.05, 0.1) is 6.42 Å². The average molecular weight is 298 g/mol. The zero-order valence-electron chi connectivity index (χ0n) is 8.57. The van der Waals surface area contributed by atoms with E-state index in [0.29, 0.717) is 0 Å². The number of dihydropyridines is 1. The molecular weight excluding hydrogens is 287 g/mol. The molecule has 1 aliphatic heterocycles. The van der Waals surface area contributed by atoms with Gasteiger partial charge in [-0.3, -0.25) is 4.79 Å². The van der Waals surface area contributed by atoms with Crippen LogP contribution in [0.25, 0.3) is 0 Å². The number of hydrogen-bond acceptors (Lipinski definition) is 2. The Bertz CT molecular complexity index is 346. The summed E-state index contributed by atoms with van der Waals surface area (Å²) in [6.07, 6.45) is -2.65. The molecule has 16 heavy (non-hydrogen) atoms. The highest BCUT2D eigenvalue weighted by Crippen LogP contribution is 2.24. The van der Waals surface area contributed by atoms with Crippen LogP contribution in [0.15, 0.2) is 22.3 Å². The minimum Gasteiger partial charge on any atom is -0.377 e. The molecule has 0 amide bonds. The molecule has 0 radical (unpaired) electrons. The fourth-order valence-electron chi connectivity index (χ4n) is 1.26. The second-order valence-electron chi connectivity index (χ2n) is 3.57. The number of halogens is 4. The van der Waals surface area contributed by atoms with E-state index in [1.54, 1.807) is 19.2 Å². The van der Waals surface area contributed by atoms with Crippen LogP contribution in [0.2, 0.25) is 0 Å². The molecule has 0 saturated heterocycles. The molecule has 0 spiro atoms. The summed E-state index contributed by atoms with van der Waals surface area (Å²) < 4.78 is 36.5. The van der Waals surface area contributed by atoms with E-state index in [1.165, 1.54) is 0 Å². The number of nitrogens with one attached hydrogen (secondary N) is 1. The van der Waals surface area contributed by atoms with Gasteiger partial charge in [0.15, 0.2) is 5.78 Å². The van der Waals surface area contributed by atoms with Crippen LogP contribution in [0.3, 0.4) is 0 Å². The van der Waals surface area contributed by atoms with Gasteiger partial charge in [0.2, 0.25) is 0 Å². The Morgan fingerprint density at radius 2 is 2.19 bits per heavy atom. The Balaban J connectivity index is 2.52. The molecule has 0 aromatic rings. The molecule has 0 aromatic heterocycles. The predicted octanol–water partition coefficient (Wildman–Crippen LogP) is 3.05. The normalized spacial score (nSPS) is 20.9. The monoisotopic (exact) mass is 297 g/mol. The van der Waals surface area contributed by atoms with Gasteiger partial charge in [-0.15, -0.1) is 0 Å². The molecule has 1 heterocycles. The zero-order valence-corrected chi connectivity index (χ0v) is 10.2. The first-order valence-electron chi connectivity index (χ1n) is 4.69. The van der Waals surface area contributed by atoms with E-state index in [-0.39, 0.29) is 0 Å². The molecule has 0 aromatic carbocycles. The molecule has 2 nitrogen and oxygen atoms in total. The van der Waals surface area contributed by atoms with E-state index in [9.17, 15) is 18.0 Å². The Morgan fingerprint density at radius 3 is 2.69 bits per heavy atom. The van der Waals surface area contributed by atoms with Crippen LogP contribution in [-0.4, -0.2) is 18.0 Å². The highest BCUT2D eigenvalue weighted by Gasteiger charge is 2.29. The summed E-state index contributed by atoms with van der Waals surface area (Å²) in [5.41, 5.74) is 0.837. The highest BCUT2D eigenvalue weighted by atomic mass is 79.9. The lowest BCUT2D eigenvalue weighted by molar-refractivity contribution is -0.143. The number of allylic oxidation sites excluding steroid dienone is 2. The predicted molar refractivity (Wildman–Crippen MR) is 58.0 cm³/mol. The van der Waals surface area contributed by atoms with Crippen molar-refractivity contribution < 1.29 is 18.0 Å². The molecule has 1 aliphatic rings. The van der Waals surface area contributed by atoms with Crippen LogP contribution in [0.5, 0.6) is 0 Å². The van der Waals surface area contributed by atoms with Crippen LogP contribution in [0.1, 0.15) is 19.8 Å². The van der Waals surface area contributed by atoms with Crippen molar-refractivity contribution in [3.8, 4) is 0 Å². The van der Waals surface area contributed by atoms with Gasteiger partial charge in [-0.05, 0) is 28.4 Å². The second kappa shape index (κ2) is 5.03. The zero-order chi connectivity index (χ0) is 12.3. The molecule has 1 N–H and O–H groups in total. The van der Waals surface area contributed by atoms with Crippen molar-refractivity contribution in [1.82, 2.24) is 5.32 Å². The number of rotatable bonds is 3. The van der Waals surface area contributed by atoms with E-state index in [1.807, 2.05) is 0 Å². The fourth-order valence-corrected chi connectivity index (χ4v) is 1.53. The summed E-state index contributed by atoms with van der Waals surface area (Å²) in [6.45, 7) is 1.78. The third-order valence-electron chi connectivity index (χ3n) is 2.18. The van der Waals surface area contributed by atoms with Crippen LogP contribution >= 0.6 is 15.9 Å². The summed E-state index contributed by atoms with van der Waals surface area (Å²) in [6, 6.07) is -0.649. The molecule has 0 saturated carbocycles. The fraction of sp³-hybridized carbons (Fsp3) is 0.500. The molecule has 1 rings (SSSR count). The standard InChI is InChI=1S/C10H11BrF3NO/c1-6-4-8(15-5-7(6)11)9(16)2-3-10(12,13)14/h4-5,8,15H,2-3H2,1H3. The van der Waals surface area contributed by atoms with Crippen molar-refractivity contribution in [3.63, 3.8) is 0 Å². The molecule has 0 fully saturated rings. The Kier molecular flexibility index (Phi) is 4.18. The Labute approximate surface area is 99.7 Å². The van der Waals surface area contributed by atoms with Crippen LogP contribution in [0.4, 0.5) is 13.2 Å². The van der Waals surface area contributed by atoms with E-state index in [0.717, 1.165) is 10.1 Å². The molecule has 0 bridgehead atoms. The molecule has 6 heteroatoms. The van der Waals surface area contributed by atoms with E-state index in [2.05, 4.69) is 21.2 Å². The maximum Gasteiger partial charge on any atom is 0.389 e. The molecule has 1 unspecified atom stereocenters. The Morgan fingerprint density at radius 1 is 1.56 bits per heavy atom. The van der Waals surface area contributed by atoms with Gasteiger partial charge in [-0.25, -0.2) is 0 Å². The van der Waals surface area contributed by atoms with Gasteiger partial charge in [0.25, 0.3) is 0 Å². The molecular formula is C10H11BrF3NO. The SMILES string of the molecule is CC1=CC(C(=O)CCC(F)(F)F)NC=C1Br. The van der Waals surface area contributed by atoms with Crippen LogP contribution in [0, 0.1) is 0 Å². The lowest BCUT2D eigenvalue weighted by Crippen LogP contribution is -2.34. The van der Waals surface area contributed by atoms with Crippen molar-refractivity contribution in [3.05, 3.63) is 22.3 Å². The molecule has 0 aliphatic carbocycles. The van der Waals surface area contributed by atoms with Crippen molar-refractivity contribution in [2.75, 3.05) is 0 Å². The first-order chi connectivity index (χ1) is 7.29. The molecule has 90 valence electrons. The van der Waals surface area contributed by atoms with Gasteiger partial charge < -0.3 is 5.32 Å². The van der Waals surface area contributed by atoms with Crippen LogP contribution < -0.4 is 5.32 Å². The van der Waals surface area contributed by atoms with Gasteiger partial charge in [0.1, 0.15) is 6.04 Å². The van der Waals surface area contributed by atoms with Gasteiger partial charge in [0, 0.05) is 17.1 Å². The number of carbonyl (C=O) groups is 1. The highest BCUT2D eigenvalue weighted by molar-refractivity contribution is 9.12. The van der Waals surface area contributed by atoms with Crippen molar-refractivity contribution in [2.24, 2.45) is 0 Å². The summed E-state index contributed by atoms with van der Waals surface area (Å²) in [5.74, 6) is -0.451. The smallest absolute Gasteiger partial charge is 0.377 e. The van der Waals surface area contributed by atoms with E-state index >= 15 is 0 Å². The van der Waals surface area contributed by atoms with Gasteiger partial charge in [-0.2, -0.15) is 13.2 Å². The summed E-state index contributed by atoms with van der Waals surface area (Å²) in [7, 11) is 0. The first-order valence-corrected chi connectivity index (χ1v) is 5.49. The van der Waals surface area contributed by atoms with Crippen molar-refractivity contribution >= 4 is 21.7 Å². The quantitative estimate of drug-likeness (QED) is 0.867. The maximum atomic E-state index is 11.9. The van der Waals surface area contributed by atoms with E-state index in [4.69, 9.17) is 0 Å². The largest absolute Gasteiger partial charge is 0.389 e. The van der Waals surface area contributed by atoms with Gasteiger partial charge >= 0.3 is 6.18 Å². The van der Waals surface area contributed by atoms with Crippen molar-refractivity contribution in [1.29, 1.82) is 0 Å². The third-order valence-corrected chi connectivity index (χ3v) is 3.04. The lowest BCUT2D eigenvalue weighted by atomic mass is 10.0.